The number of nitrogens with zero attached hydrogens (tertiary/aromatic N) is 6. The minimum absolute atomic E-state index is 0. The van der Waals surface area contributed by atoms with E-state index in [2.05, 4.69) is 178 Å². The fourth-order valence-electron chi connectivity index (χ4n) is 19.4. The van der Waals surface area contributed by atoms with Gasteiger partial charge >= 0.3 is 64.9 Å². The SMILES string of the molecule is Cc1c(CCC(F)(F)F)cnc(-c2[c-]cc(-c3ccccc3-c3cc(-c4ccccc4-c4c[c-]c(-c5cc(-c6[c-]cc(-c7ccccc7-c7cc(-c8ccccc8-c8c[c-]c(-c9ncc(CCC(F)(F)F)c(C)c9C)cc8)cc(-c8ccccc8-c8c[c-]c(-c9ncc(CCC(F)(F)F)c(C)c9C)cc8)c7)cc6)ncn5)cc4)cc(-c4ccccc4-c4c[c-]c(-c5ncc(CCC(F)(F)F)c(C)c5C)cc4)c3)cc2)c1C.[Ir+3].[Ir+3]. The second-order valence-electron chi connectivity index (χ2n) is 37.1. The van der Waals surface area contributed by atoms with Crippen LogP contribution < -0.4 is 0 Å². The van der Waals surface area contributed by atoms with E-state index < -0.39 is 50.4 Å². The van der Waals surface area contributed by atoms with Crippen LogP contribution in [0.1, 0.15) is 92.4 Å². The van der Waals surface area contributed by atoms with Crippen LogP contribution >= 0.6 is 0 Å². The first-order valence-electron chi connectivity index (χ1n) is 48.1. The first-order valence-corrected chi connectivity index (χ1v) is 48.1. The molecule has 0 N–H and O–H groups in total. The van der Waals surface area contributed by atoms with Crippen LogP contribution in [-0.2, 0) is 65.9 Å². The van der Waals surface area contributed by atoms with Crippen LogP contribution in [0.15, 0.2) is 328 Å². The van der Waals surface area contributed by atoms with Gasteiger partial charge in [-0.2, -0.15) is 52.7 Å². The normalized spacial score (nSPS) is 11.8. The molecule has 148 heavy (non-hydrogen) atoms. The average molecular weight is 2330 g/mol. The average Bonchev–Trinajstić information content (AvgIpc) is 0.766. The molecule has 19 rings (SSSR count). The molecule has 0 unspecified atom stereocenters. The Morgan fingerprint density at radius 1 is 0.196 bits per heavy atom. The summed E-state index contributed by atoms with van der Waals surface area (Å²) < 4.78 is 161. The minimum atomic E-state index is -4.30. The van der Waals surface area contributed by atoms with Gasteiger partial charge in [-0.05, 0) is 241 Å². The summed E-state index contributed by atoms with van der Waals surface area (Å²) in [6.07, 6.45) is -13.9. The van der Waals surface area contributed by atoms with Gasteiger partial charge in [-0.25, -0.2) is 0 Å². The number of rotatable bonds is 26. The third-order valence-electron chi connectivity index (χ3n) is 28.0. The number of pyridine rings is 4. The van der Waals surface area contributed by atoms with E-state index in [1.165, 1.54) is 0 Å². The van der Waals surface area contributed by atoms with E-state index in [1.54, 1.807) is 31.1 Å². The smallest absolute Gasteiger partial charge is 0.304 e. The molecule has 19 aromatic rings. The van der Waals surface area contributed by atoms with Crippen molar-refractivity contribution in [1.29, 1.82) is 0 Å². The molecule has 0 aliphatic rings. The van der Waals surface area contributed by atoms with Crippen molar-refractivity contribution < 1.29 is 92.9 Å². The van der Waals surface area contributed by atoms with E-state index >= 15 is 0 Å². The van der Waals surface area contributed by atoms with Crippen molar-refractivity contribution >= 4 is 0 Å². The Hall–Kier alpha value is -14.8. The van der Waals surface area contributed by atoms with Crippen LogP contribution in [0.2, 0.25) is 0 Å². The largest absolute Gasteiger partial charge is 3.00 e. The zero-order valence-electron chi connectivity index (χ0n) is 81.7. The van der Waals surface area contributed by atoms with Gasteiger partial charge in [-0.15, -0.1) is 179 Å². The van der Waals surface area contributed by atoms with E-state index in [0.717, 1.165) is 189 Å². The van der Waals surface area contributed by atoms with Crippen LogP contribution in [0.25, 0.3) is 201 Å². The topological polar surface area (TPSA) is 77.3 Å². The molecular formula is C128H94F12Ir2N6. The molecule has 0 saturated heterocycles. The molecule has 14 aromatic carbocycles. The number of aromatic nitrogens is 6. The van der Waals surface area contributed by atoms with Gasteiger partial charge < -0.3 is 19.9 Å². The Bertz CT molecular complexity index is 7270. The number of hydrogen-bond acceptors (Lipinski definition) is 6. The summed E-state index contributed by atoms with van der Waals surface area (Å²) in [4.78, 5) is 28.4. The zero-order valence-corrected chi connectivity index (χ0v) is 86.5. The van der Waals surface area contributed by atoms with E-state index in [4.69, 9.17) is 9.97 Å². The predicted molar refractivity (Wildman–Crippen MR) is 559 cm³/mol. The molecule has 0 saturated carbocycles. The number of benzene rings is 14. The molecule has 0 fully saturated rings. The molecule has 0 radical (unpaired) electrons. The fraction of sp³-hybridized carbons (Fsp3) is 0.156. The molecule has 0 aliphatic heterocycles. The van der Waals surface area contributed by atoms with Crippen molar-refractivity contribution in [2.24, 2.45) is 0 Å². The molecule has 20 heteroatoms. The molecule has 6 nitrogen and oxygen atoms in total. The number of hydrogen-bond donors (Lipinski definition) is 0. The molecule has 0 atom stereocenters. The third kappa shape index (κ3) is 23.3. The Balaban J connectivity index is 0.00000747. The van der Waals surface area contributed by atoms with E-state index in [-0.39, 0.29) is 65.9 Å². The monoisotopic (exact) mass is 2330 g/mol. The van der Waals surface area contributed by atoms with Gasteiger partial charge in [0.15, 0.2) is 0 Å². The first kappa shape index (κ1) is 105. The maximum absolute atomic E-state index is 13.4. The maximum Gasteiger partial charge on any atom is 3.00 e. The Morgan fingerprint density at radius 3 is 0.527 bits per heavy atom. The predicted octanol–water partition coefficient (Wildman–Crippen LogP) is 35.3. The summed E-state index contributed by atoms with van der Waals surface area (Å²) in [5.41, 5.74) is 38.5. The standard InChI is InChI=1S/C128H94F12N6.2Ir/c1-77-81(5)121(141-72-97(77)57-61-125(129,130)131)93-49-37-87(38-50-93)109-23-11-17-29-115(109)103-65-101(66-104(69-103)116-30-18-12-24-110(116)88-39-51-94(52-40-88)122-82(6)78(2)98(73-142-122)58-62-126(132,133)134)113-27-15-9-21-107(113)85-33-45-91(46-34-85)119-71-120(146-76-145-119)92-47-35-86(36-48-92)108-22-10-16-28-114(108)102-67-105(117-31-19-13-25-111(117)89-41-53-95(54-42-89)123-83(7)79(3)99(74-143-123)59-63-127(135,136)137)70-106(68-102)118-32-20-14-26-112(118)90-43-55-96(56-44-90)124-84(8)80(4)100(75-144-124)60-64-128(138,139)140;;/h9-45,47,49,51,53,55,65-76H,57-64H2,1-8H3;;/q-6;2*+3. The van der Waals surface area contributed by atoms with E-state index in [0.29, 0.717) is 78.7 Å². The van der Waals surface area contributed by atoms with Crippen molar-refractivity contribution in [3.05, 3.63) is 432 Å². The number of halogens is 12. The van der Waals surface area contributed by atoms with Gasteiger partial charge in [0, 0.05) is 50.5 Å². The summed E-state index contributed by atoms with van der Waals surface area (Å²) in [6, 6.07) is 121. The van der Waals surface area contributed by atoms with Gasteiger partial charge in [0.1, 0.15) is 0 Å². The molecule has 0 bridgehead atoms. The maximum atomic E-state index is 13.4. The van der Waals surface area contributed by atoms with Crippen molar-refractivity contribution in [1.82, 2.24) is 29.9 Å². The number of alkyl halides is 12. The Morgan fingerprint density at radius 2 is 0.365 bits per heavy atom. The minimum Gasteiger partial charge on any atom is -0.304 e. The van der Waals surface area contributed by atoms with Crippen LogP contribution in [0, 0.1) is 91.8 Å². The van der Waals surface area contributed by atoms with Crippen LogP contribution in [0.3, 0.4) is 0 Å². The second-order valence-corrected chi connectivity index (χ2v) is 37.1. The molecule has 0 spiro atoms. The summed E-state index contributed by atoms with van der Waals surface area (Å²) in [7, 11) is 0. The Labute approximate surface area is 880 Å². The summed E-state index contributed by atoms with van der Waals surface area (Å²) in [5.74, 6) is 0. The summed E-state index contributed by atoms with van der Waals surface area (Å²) in [6.45, 7) is 14.9. The van der Waals surface area contributed by atoms with Crippen molar-refractivity contribution in [2.45, 2.75) is 131 Å². The molecule has 5 heterocycles. The first-order chi connectivity index (χ1) is 70.2. The van der Waals surface area contributed by atoms with Gasteiger partial charge in [0.25, 0.3) is 0 Å². The van der Waals surface area contributed by atoms with E-state index in [9.17, 15) is 52.7 Å². The van der Waals surface area contributed by atoms with Crippen molar-refractivity contribution in [2.75, 3.05) is 0 Å². The fourth-order valence-corrected chi connectivity index (χ4v) is 19.4. The molecule has 738 valence electrons. The molecule has 0 aliphatic carbocycles. The van der Waals surface area contributed by atoms with Crippen molar-refractivity contribution in [3.8, 4) is 201 Å². The van der Waals surface area contributed by atoms with Gasteiger partial charge in [-0.3, -0.25) is 9.97 Å². The van der Waals surface area contributed by atoms with Crippen LogP contribution in [-0.4, -0.2) is 54.6 Å². The summed E-state index contributed by atoms with van der Waals surface area (Å²) in [5, 5.41) is 0. The van der Waals surface area contributed by atoms with Gasteiger partial charge in [0.05, 0.1) is 6.33 Å². The quantitative estimate of drug-likeness (QED) is 0.0397. The van der Waals surface area contributed by atoms with Crippen molar-refractivity contribution in [3.63, 3.8) is 0 Å². The molecular weight excluding hydrogens is 2230 g/mol. The zero-order chi connectivity index (χ0) is 102. The third-order valence-corrected chi connectivity index (χ3v) is 28.0. The Kier molecular flexibility index (Phi) is 31.2. The van der Waals surface area contributed by atoms with Crippen LogP contribution in [0.5, 0.6) is 0 Å². The molecule has 5 aromatic heterocycles. The number of aryl methyl sites for hydroxylation is 4. The van der Waals surface area contributed by atoms with Gasteiger partial charge in [0.2, 0.25) is 0 Å². The second kappa shape index (κ2) is 44.1. The summed E-state index contributed by atoms with van der Waals surface area (Å²) >= 11 is 0. The van der Waals surface area contributed by atoms with Crippen LogP contribution in [0.4, 0.5) is 52.7 Å². The van der Waals surface area contributed by atoms with E-state index in [1.807, 2.05) is 231 Å². The molecule has 0 amide bonds. The van der Waals surface area contributed by atoms with Gasteiger partial charge in [-0.1, -0.05) is 263 Å².